The summed E-state index contributed by atoms with van der Waals surface area (Å²) in [4.78, 5) is 0. The van der Waals surface area contributed by atoms with Gasteiger partial charge in [0.15, 0.2) is 0 Å². The van der Waals surface area contributed by atoms with Crippen molar-refractivity contribution in [1.82, 2.24) is 5.32 Å². The topological polar surface area (TPSA) is 47.3 Å². The average molecular weight is 272 g/mol. The molecule has 0 heterocycles. The highest BCUT2D eigenvalue weighted by atomic mass is 16.5. The molecule has 0 spiro atoms. The molecule has 0 saturated carbocycles. The van der Waals surface area contributed by atoms with E-state index in [2.05, 4.69) is 19.2 Å². The highest BCUT2D eigenvalue weighted by Gasteiger charge is 1.95. The third-order valence-corrected chi connectivity index (χ3v) is 3.27. The van der Waals surface area contributed by atoms with Gasteiger partial charge < -0.3 is 15.8 Å². The van der Waals surface area contributed by atoms with E-state index >= 15 is 0 Å². The Balaban J connectivity index is 2.91. The van der Waals surface area contributed by atoms with Crippen molar-refractivity contribution in [2.45, 2.75) is 65.2 Å². The zero-order valence-corrected chi connectivity index (χ0v) is 13.3. The molecule has 0 aliphatic rings. The Morgan fingerprint density at radius 2 is 1.47 bits per heavy atom. The van der Waals surface area contributed by atoms with Crippen LogP contribution in [0.25, 0.3) is 0 Å². The summed E-state index contributed by atoms with van der Waals surface area (Å²) in [7, 11) is 0. The van der Waals surface area contributed by atoms with E-state index in [1.165, 1.54) is 38.5 Å². The van der Waals surface area contributed by atoms with E-state index in [0.717, 1.165) is 51.6 Å². The van der Waals surface area contributed by atoms with E-state index in [4.69, 9.17) is 10.5 Å². The zero-order chi connectivity index (χ0) is 14.2. The van der Waals surface area contributed by atoms with Gasteiger partial charge in [0.2, 0.25) is 0 Å². The maximum atomic E-state index is 5.62. The average Bonchev–Trinajstić information content (AvgIpc) is 2.39. The second kappa shape index (κ2) is 15.9. The molecule has 0 aromatic heterocycles. The molecule has 3 heteroatoms. The standard InChI is InChI=1S/C16H36N2O/c1-16(2)10-6-4-3-5-7-14-19-15-9-13-18-12-8-11-17/h16,18H,3-15,17H2,1-2H3. The minimum absolute atomic E-state index is 0.778. The number of hydrogen-bond acceptors (Lipinski definition) is 3. The number of nitrogens with one attached hydrogen (secondary N) is 1. The monoisotopic (exact) mass is 272 g/mol. The Morgan fingerprint density at radius 1 is 0.842 bits per heavy atom. The molecule has 0 unspecified atom stereocenters. The fraction of sp³-hybridized carbons (Fsp3) is 1.00. The first-order chi connectivity index (χ1) is 9.27. The molecule has 3 nitrogen and oxygen atoms in total. The van der Waals surface area contributed by atoms with E-state index in [0.29, 0.717) is 0 Å². The summed E-state index contributed by atoms with van der Waals surface area (Å²) in [6, 6.07) is 0. The number of nitrogens with two attached hydrogens (primary N) is 1. The second-order valence-corrected chi connectivity index (χ2v) is 5.81. The summed E-state index contributed by atoms with van der Waals surface area (Å²) >= 11 is 0. The molecule has 0 bridgehead atoms. The highest BCUT2D eigenvalue weighted by molar-refractivity contribution is 4.50. The van der Waals surface area contributed by atoms with Gasteiger partial charge in [-0.3, -0.25) is 0 Å². The largest absolute Gasteiger partial charge is 0.381 e. The Hall–Kier alpha value is -0.120. The quantitative estimate of drug-likeness (QED) is 0.450. The summed E-state index contributed by atoms with van der Waals surface area (Å²) < 4.78 is 5.62. The highest BCUT2D eigenvalue weighted by Crippen LogP contribution is 2.10. The molecular formula is C16H36N2O. The molecule has 0 rings (SSSR count). The van der Waals surface area contributed by atoms with Crippen LogP contribution < -0.4 is 11.1 Å². The first-order valence-electron chi connectivity index (χ1n) is 8.26. The van der Waals surface area contributed by atoms with E-state index in [1.807, 2.05) is 0 Å². The molecule has 0 aromatic rings. The van der Waals surface area contributed by atoms with Crippen molar-refractivity contribution in [3.63, 3.8) is 0 Å². The number of unbranched alkanes of at least 4 members (excludes halogenated alkanes) is 4. The van der Waals surface area contributed by atoms with Crippen LogP contribution in [-0.4, -0.2) is 32.8 Å². The molecular weight excluding hydrogens is 236 g/mol. The van der Waals surface area contributed by atoms with E-state index in [1.54, 1.807) is 0 Å². The zero-order valence-electron chi connectivity index (χ0n) is 13.3. The van der Waals surface area contributed by atoms with Crippen molar-refractivity contribution in [1.29, 1.82) is 0 Å². The predicted molar refractivity (Wildman–Crippen MR) is 84.5 cm³/mol. The molecule has 19 heavy (non-hydrogen) atoms. The summed E-state index contributed by atoms with van der Waals surface area (Å²) in [6.45, 7) is 9.30. The van der Waals surface area contributed by atoms with E-state index in [-0.39, 0.29) is 0 Å². The SMILES string of the molecule is CC(C)CCCCCCCOCCCNCCCN. The van der Waals surface area contributed by atoms with Crippen LogP contribution >= 0.6 is 0 Å². The van der Waals surface area contributed by atoms with Gasteiger partial charge in [-0.25, -0.2) is 0 Å². The number of hydrogen-bond donors (Lipinski definition) is 2. The van der Waals surface area contributed by atoms with Crippen LogP contribution in [0.4, 0.5) is 0 Å². The lowest BCUT2D eigenvalue weighted by molar-refractivity contribution is 0.127. The van der Waals surface area contributed by atoms with Gasteiger partial charge in [0.25, 0.3) is 0 Å². The smallest absolute Gasteiger partial charge is 0.0478 e. The predicted octanol–water partition coefficient (Wildman–Crippen LogP) is 3.33. The van der Waals surface area contributed by atoms with E-state index < -0.39 is 0 Å². The minimum Gasteiger partial charge on any atom is -0.381 e. The molecule has 0 fully saturated rings. The third-order valence-electron chi connectivity index (χ3n) is 3.27. The fourth-order valence-corrected chi connectivity index (χ4v) is 2.04. The molecule has 3 N–H and O–H groups in total. The lowest BCUT2D eigenvalue weighted by Crippen LogP contribution is -2.20. The van der Waals surface area contributed by atoms with Gasteiger partial charge >= 0.3 is 0 Å². The fourth-order valence-electron chi connectivity index (χ4n) is 2.04. The van der Waals surface area contributed by atoms with Crippen LogP contribution in [0.2, 0.25) is 0 Å². The van der Waals surface area contributed by atoms with Crippen molar-refractivity contribution < 1.29 is 4.74 Å². The Labute approximate surface area is 120 Å². The van der Waals surface area contributed by atoms with Gasteiger partial charge in [0.05, 0.1) is 0 Å². The van der Waals surface area contributed by atoms with Crippen LogP contribution in [0.1, 0.15) is 65.2 Å². The molecule has 116 valence electrons. The van der Waals surface area contributed by atoms with Crippen molar-refractivity contribution >= 4 is 0 Å². The Bertz CT molecular complexity index is 163. The van der Waals surface area contributed by atoms with Gasteiger partial charge in [-0.05, 0) is 44.8 Å². The summed E-state index contributed by atoms with van der Waals surface area (Å²) in [5.74, 6) is 0.863. The molecule has 0 atom stereocenters. The molecule has 0 aliphatic carbocycles. The van der Waals surface area contributed by atoms with Crippen molar-refractivity contribution in [2.75, 3.05) is 32.8 Å². The second-order valence-electron chi connectivity index (χ2n) is 5.81. The number of rotatable bonds is 15. The summed E-state index contributed by atoms with van der Waals surface area (Å²) in [5, 5.41) is 3.36. The summed E-state index contributed by atoms with van der Waals surface area (Å²) in [6.07, 6.45) is 10.3. The lowest BCUT2D eigenvalue weighted by Gasteiger charge is -2.06. The first-order valence-corrected chi connectivity index (χ1v) is 8.26. The first kappa shape index (κ1) is 18.9. The van der Waals surface area contributed by atoms with Crippen LogP contribution in [0.3, 0.4) is 0 Å². The van der Waals surface area contributed by atoms with Crippen LogP contribution in [0.5, 0.6) is 0 Å². The van der Waals surface area contributed by atoms with Crippen molar-refractivity contribution in [3.05, 3.63) is 0 Å². The maximum Gasteiger partial charge on any atom is 0.0478 e. The van der Waals surface area contributed by atoms with Crippen LogP contribution in [-0.2, 0) is 4.74 Å². The van der Waals surface area contributed by atoms with Gasteiger partial charge in [-0.2, -0.15) is 0 Å². The number of ether oxygens (including phenoxy) is 1. The Kier molecular flexibility index (Phi) is 15.8. The van der Waals surface area contributed by atoms with Gasteiger partial charge in [-0.1, -0.05) is 46.0 Å². The molecule has 0 aromatic carbocycles. The van der Waals surface area contributed by atoms with Crippen LogP contribution in [0, 0.1) is 5.92 Å². The van der Waals surface area contributed by atoms with Crippen LogP contribution in [0.15, 0.2) is 0 Å². The maximum absolute atomic E-state index is 5.62. The minimum atomic E-state index is 0.778. The summed E-state index contributed by atoms with van der Waals surface area (Å²) in [5.41, 5.74) is 5.42. The molecule has 0 radical (unpaired) electrons. The Morgan fingerprint density at radius 3 is 2.21 bits per heavy atom. The van der Waals surface area contributed by atoms with Crippen molar-refractivity contribution in [3.8, 4) is 0 Å². The van der Waals surface area contributed by atoms with E-state index in [9.17, 15) is 0 Å². The van der Waals surface area contributed by atoms with Crippen molar-refractivity contribution in [2.24, 2.45) is 11.7 Å². The third kappa shape index (κ3) is 17.9. The van der Waals surface area contributed by atoms with Gasteiger partial charge in [0, 0.05) is 13.2 Å². The molecule has 0 saturated heterocycles. The van der Waals surface area contributed by atoms with Gasteiger partial charge in [-0.15, -0.1) is 0 Å². The molecule has 0 aliphatic heterocycles. The molecule has 0 amide bonds. The normalized spacial score (nSPS) is 11.4. The lowest BCUT2D eigenvalue weighted by atomic mass is 10.0. The van der Waals surface area contributed by atoms with Gasteiger partial charge in [0.1, 0.15) is 0 Å².